The summed E-state index contributed by atoms with van der Waals surface area (Å²) in [6.07, 6.45) is 6.57. The molecule has 2 rings (SSSR count). The highest BCUT2D eigenvalue weighted by molar-refractivity contribution is 6.03. The molecule has 9 heteroatoms. The zero-order valence-corrected chi connectivity index (χ0v) is 19.3. The lowest BCUT2D eigenvalue weighted by atomic mass is 9.56. The third-order valence-corrected chi connectivity index (χ3v) is 7.29. The number of aliphatic imine (C=N–C) groups is 1. The second-order valence-electron chi connectivity index (χ2n) is 8.99. The lowest BCUT2D eigenvalue weighted by Crippen LogP contribution is -2.76. The van der Waals surface area contributed by atoms with Gasteiger partial charge in [-0.15, -0.1) is 0 Å². The molecular weight excluding hydrogens is 414 g/mol. The zero-order valence-electron chi connectivity index (χ0n) is 19.3. The number of rotatable bonds is 10. The summed E-state index contributed by atoms with van der Waals surface area (Å²) in [6, 6.07) is -2.23. The van der Waals surface area contributed by atoms with Crippen LogP contribution in [0.25, 0.3) is 0 Å². The molecule has 32 heavy (non-hydrogen) atoms. The first-order valence-electron chi connectivity index (χ1n) is 10.9. The van der Waals surface area contributed by atoms with Gasteiger partial charge in [0.1, 0.15) is 11.5 Å². The Morgan fingerprint density at radius 1 is 1.19 bits per heavy atom. The van der Waals surface area contributed by atoms with Crippen molar-refractivity contribution in [3.63, 3.8) is 0 Å². The van der Waals surface area contributed by atoms with Crippen molar-refractivity contribution in [2.75, 3.05) is 27.2 Å². The topological polar surface area (TPSA) is 131 Å². The van der Waals surface area contributed by atoms with Crippen LogP contribution >= 0.6 is 0 Å². The smallest absolute Gasteiger partial charge is 0.320 e. The number of likely N-dealkylation sites (tertiary alicyclic amines) is 2. The summed E-state index contributed by atoms with van der Waals surface area (Å²) in [6.45, 7) is 7.29. The fourth-order valence-electron chi connectivity index (χ4n) is 5.53. The lowest BCUT2D eigenvalue weighted by molar-refractivity contribution is -0.197. The van der Waals surface area contributed by atoms with Crippen LogP contribution in [0.1, 0.15) is 39.5 Å². The average Bonchev–Trinajstić information content (AvgIpc) is 2.74. The first-order valence-corrected chi connectivity index (χ1v) is 10.9. The normalized spacial score (nSPS) is 32.6. The highest BCUT2D eigenvalue weighted by Crippen LogP contribution is 2.53. The summed E-state index contributed by atoms with van der Waals surface area (Å²) < 4.78 is 0. The largest absolute Gasteiger partial charge is 0.481 e. The van der Waals surface area contributed by atoms with Gasteiger partial charge in [0.05, 0.1) is 17.2 Å². The number of nitrogens with zero attached hydrogens (tertiary/aromatic N) is 3. The maximum absolute atomic E-state index is 12.9. The van der Waals surface area contributed by atoms with E-state index in [1.165, 1.54) is 0 Å². The molecular formula is C23H35N3O6. The molecule has 3 unspecified atom stereocenters. The molecule has 178 valence electrons. The van der Waals surface area contributed by atoms with Gasteiger partial charge in [-0.1, -0.05) is 38.5 Å². The van der Waals surface area contributed by atoms with Gasteiger partial charge in [-0.05, 0) is 32.9 Å². The highest BCUT2D eigenvalue weighted by Gasteiger charge is 2.67. The molecule has 0 spiro atoms. The number of hydrogen-bond donors (Lipinski definition) is 3. The molecule has 2 saturated heterocycles. The van der Waals surface area contributed by atoms with Gasteiger partial charge in [-0.2, -0.15) is 0 Å². The van der Waals surface area contributed by atoms with Gasteiger partial charge in [0.15, 0.2) is 0 Å². The standard InChI is InChI=1S/C23H35N3O6/c1-6-8-10-16(24-4)18-23(21(31)32)12-22(20(29)30,15(3)25(18)5)13-26(14-23)17(19(27)28)11-9-7-2/h6,8,10,15,17-18H,1,7,9,11-14H2,2-5H3,(H,27,28)(H,29,30)(H,31,32)/b10-8-,24-16?/t15-,17?,18+,22?,23?/m1/s1. The first-order chi connectivity index (χ1) is 15.0. The predicted octanol–water partition coefficient (Wildman–Crippen LogP) is 1.99. The Kier molecular flexibility index (Phi) is 8.01. The van der Waals surface area contributed by atoms with Crippen LogP contribution in [-0.2, 0) is 14.4 Å². The first kappa shape index (κ1) is 25.7. The Labute approximate surface area is 189 Å². The molecule has 0 amide bonds. The number of hydrogen-bond acceptors (Lipinski definition) is 6. The Morgan fingerprint density at radius 3 is 2.25 bits per heavy atom. The molecule has 0 aromatic heterocycles. The van der Waals surface area contributed by atoms with Gasteiger partial charge < -0.3 is 15.3 Å². The number of unbranched alkanes of at least 4 members (excludes halogenated alkanes) is 1. The van der Waals surface area contributed by atoms with Crippen LogP contribution in [0, 0.1) is 10.8 Å². The van der Waals surface area contributed by atoms with Crippen LogP contribution in [-0.4, -0.2) is 94.0 Å². The third-order valence-electron chi connectivity index (χ3n) is 7.29. The zero-order chi connectivity index (χ0) is 24.3. The Hall–Kier alpha value is -2.52. The van der Waals surface area contributed by atoms with E-state index in [1.807, 2.05) is 6.92 Å². The van der Waals surface area contributed by atoms with Crippen molar-refractivity contribution in [1.82, 2.24) is 9.80 Å². The maximum Gasteiger partial charge on any atom is 0.320 e. The molecule has 0 radical (unpaired) electrons. The summed E-state index contributed by atoms with van der Waals surface area (Å²) in [4.78, 5) is 45.3. The molecule has 2 bridgehead atoms. The molecule has 0 saturated carbocycles. The van der Waals surface area contributed by atoms with E-state index in [4.69, 9.17) is 0 Å². The Bertz CT molecular complexity index is 825. The average molecular weight is 450 g/mol. The Balaban J connectivity index is 2.73. The fraction of sp³-hybridized carbons (Fsp3) is 0.652. The maximum atomic E-state index is 12.9. The predicted molar refractivity (Wildman–Crippen MR) is 121 cm³/mol. The van der Waals surface area contributed by atoms with Gasteiger partial charge in [0.25, 0.3) is 0 Å². The van der Waals surface area contributed by atoms with Crippen LogP contribution in [0.4, 0.5) is 0 Å². The van der Waals surface area contributed by atoms with Crippen LogP contribution in [0.2, 0.25) is 0 Å². The van der Waals surface area contributed by atoms with Gasteiger partial charge in [-0.3, -0.25) is 29.2 Å². The number of carbonyl (C=O) groups is 3. The van der Waals surface area contributed by atoms with E-state index in [0.717, 1.165) is 6.42 Å². The van der Waals surface area contributed by atoms with Gasteiger partial charge >= 0.3 is 17.9 Å². The molecule has 2 aliphatic heterocycles. The molecule has 0 aliphatic carbocycles. The molecule has 0 aromatic rings. The monoisotopic (exact) mass is 449 g/mol. The second-order valence-corrected chi connectivity index (χ2v) is 8.99. The molecule has 9 nitrogen and oxygen atoms in total. The van der Waals surface area contributed by atoms with E-state index in [-0.39, 0.29) is 19.5 Å². The van der Waals surface area contributed by atoms with Gasteiger partial charge in [-0.25, -0.2) is 0 Å². The molecule has 2 aliphatic rings. The van der Waals surface area contributed by atoms with Crippen LogP contribution in [0.15, 0.2) is 29.8 Å². The number of carboxylic acid groups (broad SMARTS) is 3. The molecule has 2 fully saturated rings. The number of carboxylic acids is 3. The Morgan fingerprint density at radius 2 is 1.78 bits per heavy atom. The van der Waals surface area contributed by atoms with Crippen molar-refractivity contribution in [1.29, 1.82) is 0 Å². The SMILES string of the molecule is C=C/C=C\C(=NC)[C@@H]1N(C)[C@H](C)C2(C(=O)O)CN(C(CCCC)C(=O)O)CC1(C(=O)O)C2. The number of aliphatic carboxylic acids is 3. The molecule has 3 N–H and O–H groups in total. The summed E-state index contributed by atoms with van der Waals surface area (Å²) >= 11 is 0. The van der Waals surface area contributed by atoms with Gasteiger partial charge in [0.2, 0.25) is 0 Å². The van der Waals surface area contributed by atoms with Crippen LogP contribution in [0.5, 0.6) is 0 Å². The van der Waals surface area contributed by atoms with E-state index in [2.05, 4.69) is 11.6 Å². The third kappa shape index (κ3) is 4.23. The van der Waals surface area contributed by atoms with Crippen molar-refractivity contribution in [2.24, 2.45) is 15.8 Å². The molecule has 2 heterocycles. The van der Waals surface area contributed by atoms with Crippen molar-refractivity contribution in [3.8, 4) is 0 Å². The number of allylic oxidation sites excluding steroid dienone is 2. The quantitative estimate of drug-likeness (QED) is 0.341. The minimum atomic E-state index is -1.54. The van der Waals surface area contributed by atoms with Crippen LogP contribution < -0.4 is 0 Å². The summed E-state index contributed by atoms with van der Waals surface area (Å²) in [5.41, 5.74) is -2.48. The minimum absolute atomic E-state index is 0.0165. The summed E-state index contributed by atoms with van der Waals surface area (Å²) in [7, 11) is 3.29. The number of piperidine rings is 2. The van der Waals surface area contributed by atoms with Crippen molar-refractivity contribution in [3.05, 3.63) is 24.8 Å². The van der Waals surface area contributed by atoms with Crippen molar-refractivity contribution < 1.29 is 29.7 Å². The van der Waals surface area contributed by atoms with E-state index < -0.39 is 46.9 Å². The summed E-state index contributed by atoms with van der Waals surface area (Å²) in [5.74, 6) is -3.32. The van der Waals surface area contributed by atoms with E-state index >= 15 is 0 Å². The number of fused-ring (bicyclic) bond motifs is 2. The van der Waals surface area contributed by atoms with E-state index in [9.17, 15) is 29.7 Å². The fourth-order valence-corrected chi connectivity index (χ4v) is 5.53. The van der Waals surface area contributed by atoms with Gasteiger partial charge in [0, 0.05) is 26.2 Å². The highest BCUT2D eigenvalue weighted by atomic mass is 16.4. The molecule has 5 atom stereocenters. The van der Waals surface area contributed by atoms with E-state index in [1.54, 1.807) is 49.0 Å². The second kappa shape index (κ2) is 9.95. The molecule has 0 aromatic carbocycles. The summed E-state index contributed by atoms with van der Waals surface area (Å²) in [5, 5.41) is 30.7. The van der Waals surface area contributed by atoms with Crippen molar-refractivity contribution >= 4 is 23.6 Å². The van der Waals surface area contributed by atoms with Crippen LogP contribution in [0.3, 0.4) is 0 Å². The van der Waals surface area contributed by atoms with Crippen molar-refractivity contribution in [2.45, 2.75) is 57.7 Å². The van der Waals surface area contributed by atoms with E-state index in [0.29, 0.717) is 18.6 Å². The lowest BCUT2D eigenvalue weighted by Gasteiger charge is -2.62. The minimum Gasteiger partial charge on any atom is -0.481 e.